The summed E-state index contributed by atoms with van der Waals surface area (Å²) in [7, 11) is 0. The molecule has 0 aliphatic rings. The molecule has 0 aromatic heterocycles. The van der Waals surface area contributed by atoms with Gasteiger partial charge in [-0.2, -0.15) is 13.2 Å². The fraction of sp³-hybridized carbons (Fsp3) is 0.125. The van der Waals surface area contributed by atoms with E-state index in [1.807, 2.05) is 0 Å². The summed E-state index contributed by atoms with van der Waals surface area (Å²) in [5.41, 5.74) is -1.03. The van der Waals surface area contributed by atoms with Crippen molar-refractivity contribution in [3.8, 4) is 5.75 Å². The Labute approximate surface area is 129 Å². The average molecular weight is 325 g/mol. The van der Waals surface area contributed by atoms with Crippen molar-refractivity contribution in [2.45, 2.75) is 13.1 Å². The lowest BCUT2D eigenvalue weighted by Crippen LogP contribution is -2.11. The largest absolute Gasteiger partial charge is 0.426 e. The SMILES string of the molecule is CC(=O)Oc1ccc(/N=C/c2ccccc2F)cc1C(F)(F)F. The van der Waals surface area contributed by atoms with Crippen LogP contribution in [0.5, 0.6) is 5.75 Å². The van der Waals surface area contributed by atoms with Crippen molar-refractivity contribution in [1.29, 1.82) is 0 Å². The first-order valence-electron chi connectivity index (χ1n) is 6.45. The maximum Gasteiger partial charge on any atom is 0.420 e. The van der Waals surface area contributed by atoms with Crippen molar-refractivity contribution in [3.05, 3.63) is 59.4 Å². The van der Waals surface area contributed by atoms with Crippen molar-refractivity contribution in [2.24, 2.45) is 4.99 Å². The molecule has 2 rings (SSSR count). The van der Waals surface area contributed by atoms with E-state index in [4.69, 9.17) is 0 Å². The summed E-state index contributed by atoms with van der Waals surface area (Å²) in [4.78, 5) is 14.7. The van der Waals surface area contributed by atoms with E-state index in [0.29, 0.717) is 0 Å². The Morgan fingerprint density at radius 1 is 1.17 bits per heavy atom. The molecule has 0 aliphatic carbocycles. The minimum atomic E-state index is -4.71. The minimum Gasteiger partial charge on any atom is -0.426 e. The first-order valence-corrected chi connectivity index (χ1v) is 6.45. The molecule has 2 aromatic carbocycles. The number of alkyl halides is 3. The average Bonchev–Trinajstić information content (AvgIpc) is 2.46. The molecule has 3 nitrogen and oxygen atoms in total. The predicted octanol–water partition coefficient (Wildman–Crippen LogP) is 4.52. The molecule has 2 aromatic rings. The number of hydrogen-bond acceptors (Lipinski definition) is 3. The molecular weight excluding hydrogens is 314 g/mol. The van der Waals surface area contributed by atoms with E-state index >= 15 is 0 Å². The molecule has 0 saturated carbocycles. The summed E-state index contributed by atoms with van der Waals surface area (Å²) in [5.74, 6) is -2.00. The minimum absolute atomic E-state index is 0.0449. The van der Waals surface area contributed by atoms with E-state index in [9.17, 15) is 22.4 Å². The maximum absolute atomic E-state index is 13.4. The van der Waals surface area contributed by atoms with E-state index in [1.165, 1.54) is 24.3 Å². The number of nitrogens with zero attached hydrogens (tertiary/aromatic N) is 1. The number of esters is 1. The summed E-state index contributed by atoms with van der Waals surface area (Å²) >= 11 is 0. The van der Waals surface area contributed by atoms with Gasteiger partial charge in [0, 0.05) is 18.7 Å². The van der Waals surface area contributed by atoms with Gasteiger partial charge in [-0.05, 0) is 24.3 Å². The quantitative estimate of drug-likeness (QED) is 0.360. The number of benzene rings is 2. The Balaban J connectivity index is 2.37. The molecule has 0 saturated heterocycles. The Hall–Kier alpha value is -2.70. The van der Waals surface area contributed by atoms with Crippen LogP contribution in [0.25, 0.3) is 0 Å². The van der Waals surface area contributed by atoms with Crippen LogP contribution in [-0.2, 0) is 11.0 Å². The van der Waals surface area contributed by atoms with Crippen LogP contribution >= 0.6 is 0 Å². The van der Waals surface area contributed by atoms with Crippen LogP contribution in [0.15, 0.2) is 47.5 Å². The first kappa shape index (κ1) is 16.7. The highest BCUT2D eigenvalue weighted by Gasteiger charge is 2.35. The molecule has 0 bridgehead atoms. The number of rotatable bonds is 3. The van der Waals surface area contributed by atoms with Crippen molar-refractivity contribution in [2.75, 3.05) is 0 Å². The summed E-state index contributed by atoms with van der Waals surface area (Å²) in [5, 5.41) is 0. The number of aliphatic imine (C=N–C) groups is 1. The van der Waals surface area contributed by atoms with Crippen LogP contribution < -0.4 is 4.74 Å². The van der Waals surface area contributed by atoms with Gasteiger partial charge in [0.25, 0.3) is 0 Å². The predicted molar refractivity (Wildman–Crippen MR) is 76.4 cm³/mol. The maximum atomic E-state index is 13.4. The Morgan fingerprint density at radius 2 is 1.87 bits per heavy atom. The van der Waals surface area contributed by atoms with Gasteiger partial charge in [0.05, 0.1) is 5.69 Å². The lowest BCUT2D eigenvalue weighted by Gasteiger charge is -2.12. The summed E-state index contributed by atoms with van der Waals surface area (Å²) in [6, 6.07) is 8.69. The molecule has 120 valence electrons. The third-order valence-corrected chi connectivity index (χ3v) is 2.78. The van der Waals surface area contributed by atoms with Crippen LogP contribution in [0.3, 0.4) is 0 Å². The van der Waals surface area contributed by atoms with E-state index in [0.717, 1.165) is 25.3 Å². The van der Waals surface area contributed by atoms with Crippen molar-refractivity contribution < 1.29 is 27.1 Å². The fourth-order valence-corrected chi connectivity index (χ4v) is 1.79. The Bertz CT molecular complexity index is 754. The fourth-order valence-electron chi connectivity index (χ4n) is 1.79. The highest BCUT2D eigenvalue weighted by molar-refractivity contribution is 5.82. The number of carbonyl (C=O) groups excluding carboxylic acids is 1. The summed E-state index contributed by atoms with van der Waals surface area (Å²) in [6.07, 6.45) is -3.59. The molecular formula is C16H11F4NO2. The van der Waals surface area contributed by atoms with Gasteiger partial charge in [-0.25, -0.2) is 4.39 Å². The van der Waals surface area contributed by atoms with Crippen LogP contribution in [0.1, 0.15) is 18.1 Å². The molecule has 0 radical (unpaired) electrons. The zero-order valence-corrected chi connectivity index (χ0v) is 11.9. The number of ether oxygens (including phenoxy) is 1. The Morgan fingerprint density at radius 3 is 2.48 bits per heavy atom. The molecule has 0 spiro atoms. The van der Waals surface area contributed by atoms with Gasteiger partial charge in [0.1, 0.15) is 17.1 Å². The topological polar surface area (TPSA) is 38.7 Å². The van der Waals surface area contributed by atoms with Crippen molar-refractivity contribution in [1.82, 2.24) is 0 Å². The van der Waals surface area contributed by atoms with Crippen LogP contribution in [0.2, 0.25) is 0 Å². The van der Waals surface area contributed by atoms with Crippen LogP contribution in [-0.4, -0.2) is 12.2 Å². The number of halogens is 4. The lowest BCUT2D eigenvalue weighted by molar-refractivity contribution is -0.141. The highest BCUT2D eigenvalue weighted by atomic mass is 19.4. The van der Waals surface area contributed by atoms with Gasteiger partial charge >= 0.3 is 12.1 Å². The zero-order valence-electron chi connectivity index (χ0n) is 11.9. The smallest absolute Gasteiger partial charge is 0.420 e. The normalized spacial score (nSPS) is 11.7. The van der Waals surface area contributed by atoms with Gasteiger partial charge < -0.3 is 4.74 Å². The highest BCUT2D eigenvalue weighted by Crippen LogP contribution is 2.38. The van der Waals surface area contributed by atoms with Crippen LogP contribution in [0, 0.1) is 5.82 Å². The molecule has 0 unspecified atom stereocenters. The van der Waals surface area contributed by atoms with Gasteiger partial charge in [-0.3, -0.25) is 9.79 Å². The zero-order chi connectivity index (χ0) is 17.0. The third-order valence-electron chi connectivity index (χ3n) is 2.78. The van der Waals surface area contributed by atoms with Gasteiger partial charge in [-0.15, -0.1) is 0 Å². The second-order valence-electron chi connectivity index (χ2n) is 4.55. The molecule has 0 amide bonds. The van der Waals surface area contributed by atoms with E-state index in [1.54, 1.807) is 6.07 Å². The van der Waals surface area contributed by atoms with Crippen molar-refractivity contribution >= 4 is 17.9 Å². The number of carbonyl (C=O) groups is 1. The van der Waals surface area contributed by atoms with E-state index in [2.05, 4.69) is 9.73 Å². The molecule has 0 N–H and O–H groups in total. The standard InChI is InChI=1S/C16H11F4NO2/c1-10(22)23-15-7-6-12(8-13(15)16(18,19)20)21-9-11-4-2-3-5-14(11)17/h2-9H,1H3/b21-9+. The van der Waals surface area contributed by atoms with Crippen LogP contribution in [0.4, 0.5) is 23.2 Å². The lowest BCUT2D eigenvalue weighted by atomic mass is 10.1. The molecule has 0 fully saturated rings. The molecule has 7 heteroatoms. The van der Waals surface area contributed by atoms with Gasteiger partial charge in [-0.1, -0.05) is 18.2 Å². The van der Waals surface area contributed by atoms with Gasteiger partial charge in [0.15, 0.2) is 0 Å². The first-order chi connectivity index (χ1) is 10.8. The molecule has 23 heavy (non-hydrogen) atoms. The second kappa shape index (κ2) is 6.60. The molecule has 0 heterocycles. The van der Waals surface area contributed by atoms with Crippen molar-refractivity contribution in [3.63, 3.8) is 0 Å². The molecule has 0 aliphatic heterocycles. The number of hydrogen-bond donors (Lipinski definition) is 0. The van der Waals surface area contributed by atoms with E-state index < -0.39 is 29.3 Å². The van der Waals surface area contributed by atoms with E-state index in [-0.39, 0.29) is 11.3 Å². The monoisotopic (exact) mass is 325 g/mol. The Kier molecular flexibility index (Phi) is 4.78. The molecule has 0 atom stereocenters. The summed E-state index contributed by atoms with van der Waals surface area (Å²) in [6.45, 7) is 1.00. The second-order valence-corrected chi connectivity index (χ2v) is 4.55. The van der Waals surface area contributed by atoms with Gasteiger partial charge in [0.2, 0.25) is 0 Å². The summed E-state index contributed by atoms with van der Waals surface area (Å²) < 4.78 is 57.0. The third kappa shape index (κ3) is 4.38.